The molecule has 122 valence electrons. The first kappa shape index (κ1) is 16.8. The molecule has 22 heavy (non-hydrogen) atoms. The van der Waals surface area contributed by atoms with E-state index in [9.17, 15) is 18.0 Å². The number of nitrogens with one attached hydrogen (secondary N) is 2. The number of hydrogen-bond donors (Lipinski definition) is 2. The molecule has 1 saturated carbocycles. The van der Waals surface area contributed by atoms with Gasteiger partial charge < -0.3 is 10.6 Å². The first-order chi connectivity index (χ1) is 10.4. The average Bonchev–Trinajstić information content (AvgIpc) is 2.47. The first-order valence-electron chi connectivity index (χ1n) is 7.51. The van der Waals surface area contributed by atoms with Gasteiger partial charge in [-0.15, -0.1) is 0 Å². The molecule has 1 aromatic carbocycles. The zero-order valence-corrected chi connectivity index (χ0v) is 12.6. The number of benzene rings is 1. The summed E-state index contributed by atoms with van der Waals surface area (Å²) in [5, 5.41) is 5.73. The third-order valence-corrected chi connectivity index (χ3v) is 4.17. The van der Waals surface area contributed by atoms with Gasteiger partial charge in [-0.25, -0.2) is 0 Å². The Bertz CT molecular complexity index is 522. The maximum Gasteiger partial charge on any atom is 0.416 e. The van der Waals surface area contributed by atoms with Crippen molar-refractivity contribution in [1.29, 1.82) is 0 Å². The van der Waals surface area contributed by atoms with Crippen molar-refractivity contribution >= 4 is 5.91 Å². The van der Waals surface area contributed by atoms with Crippen LogP contribution in [-0.4, -0.2) is 19.5 Å². The Hall–Kier alpha value is -1.56. The molecule has 2 rings (SSSR count). The molecule has 0 heterocycles. The van der Waals surface area contributed by atoms with Crippen LogP contribution >= 0.6 is 0 Å². The van der Waals surface area contributed by atoms with Gasteiger partial charge in [-0.1, -0.05) is 31.4 Å². The molecule has 0 atom stereocenters. The number of rotatable bonds is 4. The van der Waals surface area contributed by atoms with Gasteiger partial charge >= 0.3 is 6.18 Å². The van der Waals surface area contributed by atoms with Gasteiger partial charge in [-0.2, -0.15) is 13.2 Å². The summed E-state index contributed by atoms with van der Waals surface area (Å²) >= 11 is 0. The molecule has 1 fully saturated rings. The van der Waals surface area contributed by atoms with E-state index in [1.54, 1.807) is 13.1 Å². The van der Waals surface area contributed by atoms with E-state index >= 15 is 0 Å². The van der Waals surface area contributed by atoms with Crippen molar-refractivity contribution < 1.29 is 18.0 Å². The fourth-order valence-corrected chi connectivity index (χ4v) is 3.11. The van der Waals surface area contributed by atoms with Gasteiger partial charge in [0.25, 0.3) is 0 Å². The maximum atomic E-state index is 12.9. The highest BCUT2D eigenvalue weighted by Crippen LogP contribution is 2.39. The Morgan fingerprint density at radius 3 is 2.50 bits per heavy atom. The Labute approximate surface area is 128 Å². The lowest BCUT2D eigenvalue weighted by Gasteiger charge is -2.39. The fraction of sp³-hybridized carbons (Fsp3) is 0.562. The lowest BCUT2D eigenvalue weighted by atomic mass is 9.76. The van der Waals surface area contributed by atoms with E-state index in [-0.39, 0.29) is 12.5 Å². The quantitative estimate of drug-likeness (QED) is 0.896. The van der Waals surface area contributed by atoms with E-state index in [0.717, 1.165) is 25.3 Å². The molecule has 0 radical (unpaired) electrons. The molecule has 3 nitrogen and oxygen atoms in total. The highest BCUT2D eigenvalue weighted by molar-refractivity contribution is 5.79. The summed E-state index contributed by atoms with van der Waals surface area (Å²) < 4.78 is 38.8. The molecule has 0 spiro atoms. The van der Waals surface area contributed by atoms with Gasteiger partial charge in [0.1, 0.15) is 0 Å². The number of halogens is 3. The molecule has 0 aliphatic heterocycles. The summed E-state index contributed by atoms with van der Waals surface area (Å²) in [6.07, 6.45) is -0.191. The Morgan fingerprint density at radius 2 is 1.91 bits per heavy atom. The van der Waals surface area contributed by atoms with Crippen molar-refractivity contribution in [3.8, 4) is 0 Å². The molecule has 1 aromatic rings. The second kappa shape index (κ2) is 6.69. The summed E-state index contributed by atoms with van der Waals surface area (Å²) in [6, 6.07) is 5.33. The van der Waals surface area contributed by atoms with Crippen LogP contribution < -0.4 is 10.6 Å². The summed E-state index contributed by atoms with van der Waals surface area (Å²) in [5.74, 6) is -0.193. The van der Waals surface area contributed by atoms with Crippen LogP contribution in [0.1, 0.15) is 43.2 Å². The smallest absolute Gasteiger partial charge is 0.345 e. The van der Waals surface area contributed by atoms with Gasteiger partial charge in [0, 0.05) is 0 Å². The number of alkyl halides is 3. The summed E-state index contributed by atoms with van der Waals surface area (Å²) in [7, 11) is 1.66. The van der Waals surface area contributed by atoms with Crippen molar-refractivity contribution in [1.82, 2.24) is 10.6 Å². The van der Waals surface area contributed by atoms with Crippen LogP contribution in [0.4, 0.5) is 13.2 Å². The topological polar surface area (TPSA) is 41.1 Å². The van der Waals surface area contributed by atoms with Gasteiger partial charge in [0.2, 0.25) is 5.91 Å². The zero-order valence-electron chi connectivity index (χ0n) is 12.6. The van der Waals surface area contributed by atoms with Crippen LogP contribution in [0.15, 0.2) is 24.3 Å². The van der Waals surface area contributed by atoms with E-state index in [4.69, 9.17) is 0 Å². The van der Waals surface area contributed by atoms with Crippen LogP contribution in [0, 0.1) is 0 Å². The normalized spacial score (nSPS) is 18.0. The largest absolute Gasteiger partial charge is 0.416 e. The van der Waals surface area contributed by atoms with Crippen molar-refractivity contribution in [2.75, 3.05) is 13.6 Å². The van der Waals surface area contributed by atoms with Crippen molar-refractivity contribution in [2.45, 2.75) is 43.8 Å². The Balaban J connectivity index is 2.35. The molecule has 1 amide bonds. The van der Waals surface area contributed by atoms with Crippen LogP contribution in [0.25, 0.3) is 0 Å². The van der Waals surface area contributed by atoms with E-state index in [1.165, 1.54) is 12.1 Å². The highest BCUT2D eigenvalue weighted by atomic mass is 19.4. The molecule has 0 saturated heterocycles. The molecule has 0 aromatic heterocycles. The van der Waals surface area contributed by atoms with Gasteiger partial charge in [-0.3, -0.25) is 4.79 Å². The lowest BCUT2D eigenvalue weighted by molar-refractivity contribution is -0.137. The fourth-order valence-electron chi connectivity index (χ4n) is 3.11. The first-order valence-corrected chi connectivity index (χ1v) is 7.51. The number of amides is 1. The zero-order chi connectivity index (χ0) is 16.2. The highest BCUT2D eigenvalue weighted by Gasteiger charge is 2.37. The molecular weight excluding hydrogens is 293 g/mol. The molecule has 1 aliphatic carbocycles. The van der Waals surface area contributed by atoms with E-state index < -0.39 is 17.3 Å². The minimum atomic E-state index is -4.37. The predicted octanol–water partition coefficient (Wildman–Crippen LogP) is 3.20. The minimum Gasteiger partial charge on any atom is -0.345 e. The van der Waals surface area contributed by atoms with Crippen molar-refractivity contribution in [2.24, 2.45) is 0 Å². The lowest BCUT2D eigenvalue weighted by Crippen LogP contribution is -2.49. The Kier molecular flexibility index (Phi) is 5.11. The van der Waals surface area contributed by atoms with Gasteiger partial charge in [-0.05, 0) is 37.6 Å². The summed E-state index contributed by atoms with van der Waals surface area (Å²) in [4.78, 5) is 12.0. The minimum absolute atomic E-state index is 0.153. The third kappa shape index (κ3) is 3.80. The molecule has 1 aliphatic rings. The van der Waals surface area contributed by atoms with E-state index in [0.29, 0.717) is 18.4 Å². The molecule has 6 heteroatoms. The van der Waals surface area contributed by atoms with Crippen LogP contribution in [-0.2, 0) is 16.5 Å². The number of likely N-dealkylation sites (N-methyl/N-ethyl adjacent to an activating group) is 1. The summed E-state index contributed by atoms with van der Waals surface area (Å²) in [6.45, 7) is 0.153. The van der Waals surface area contributed by atoms with E-state index in [1.807, 2.05) is 0 Å². The van der Waals surface area contributed by atoms with Gasteiger partial charge in [0.05, 0.1) is 17.6 Å². The van der Waals surface area contributed by atoms with Crippen molar-refractivity contribution in [3.63, 3.8) is 0 Å². The molecule has 0 bridgehead atoms. The third-order valence-electron chi connectivity index (χ3n) is 4.17. The van der Waals surface area contributed by atoms with Crippen LogP contribution in [0.2, 0.25) is 0 Å². The van der Waals surface area contributed by atoms with Crippen LogP contribution in [0.3, 0.4) is 0 Å². The predicted molar refractivity (Wildman–Crippen MR) is 78.3 cm³/mol. The number of hydrogen-bond acceptors (Lipinski definition) is 2. The van der Waals surface area contributed by atoms with Crippen LogP contribution in [0.5, 0.6) is 0 Å². The molecular formula is C16H21F3N2O. The monoisotopic (exact) mass is 314 g/mol. The maximum absolute atomic E-state index is 12.9. The second-order valence-electron chi connectivity index (χ2n) is 5.80. The molecule has 2 N–H and O–H groups in total. The number of carbonyl (C=O) groups excluding carboxylic acids is 1. The standard InChI is InChI=1S/C16H21F3N2O/c1-20-11-14(22)21-15(8-3-2-4-9-15)12-6-5-7-13(10-12)16(17,18)19/h5-7,10,20H,2-4,8-9,11H2,1H3,(H,21,22). The SMILES string of the molecule is CNCC(=O)NC1(c2cccc(C(F)(F)F)c2)CCCCC1. The number of carbonyl (C=O) groups is 1. The van der Waals surface area contributed by atoms with Crippen molar-refractivity contribution in [3.05, 3.63) is 35.4 Å². The Morgan fingerprint density at radius 1 is 1.23 bits per heavy atom. The summed E-state index contributed by atoms with van der Waals surface area (Å²) in [5.41, 5.74) is -0.808. The second-order valence-corrected chi connectivity index (χ2v) is 5.80. The van der Waals surface area contributed by atoms with Gasteiger partial charge in [0.15, 0.2) is 0 Å². The average molecular weight is 314 g/mol. The molecule has 0 unspecified atom stereocenters. The van der Waals surface area contributed by atoms with E-state index in [2.05, 4.69) is 10.6 Å².